The maximum atomic E-state index is 5.67. The van der Waals surface area contributed by atoms with Gasteiger partial charge in [-0.1, -0.05) is 0 Å². The Bertz CT molecular complexity index is 81.3. The average molecular weight is 263 g/mol. The molecule has 0 aliphatic carbocycles. The summed E-state index contributed by atoms with van der Waals surface area (Å²) in [7, 11) is 0. The van der Waals surface area contributed by atoms with Gasteiger partial charge >= 0.3 is 84.5 Å². The van der Waals surface area contributed by atoms with Gasteiger partial charge in [-0.3, -0.25) is 0 Å². The molecule has 0 aromatic carbocycles. The topological polar surface area (TPSA) is 9.23 Å². The van der Waals surface area contributed by atoms with Crippen molar-refractivity contribution in [1.29, 1.82) is 0 Å². The molecule has 0 amide bonds. The minimum atomic E-state index is 0.234. The van der Waals surface area contributed by atoms with Crippen molar-refractivity contribution in [2.45, 2.75) is 58.5 Å². The van der Waals surface area contributed by atoms with E-state index in [0.29, 0.717) is 0 Å². The van der Waals surface area contributed by atoms with Gasteiger partial charge in [0.05, 0.1) is 0 Å². The van der Waals surface area contributed by atoms with Crippen molar-refractivity contribution in [3.05, 3.63) is 0 Å². The van der Waals surface area contributed by atoms with Gasteiger partial charge in [0.15, 0.2) is 0 Å². The summed E-state index contributed by atoms with van der Waals surface area (Å²) in [4.78, 5) is 0. The van der Waals surface area contributed by atoms with E-state index >= 15 is 0 Å². The van der Waals surface area contributed by atoms with E-state index in [1.54, 1.807) is 0 Å². The molecule has 11 heavy (non-hydrogen) atoms. The molecule has 2 radical (unpaired) electrons. The van der Waals surface area contributed by atoms with Crippen LogP contribution in [0.25, 0.3) is 0 Å². The maximum absolute atomic E-state index is 5.67. The van der Waals surface area contributed by atoms with Crippen LogP contribution in [0.3, 0.4) is 0 Å². The molecule has 0 aromatic rings. The van der Waals surface area contributed by atoms with Crippen molar-refractivity contribution in [2.24, 2.45) is 0 Å². The van der Waals surface area contributed by atoms with Crippen molar-refractivity contribution in [1.82, 2.24) is 0 Å². The third-order valence-corrected chi connectivity index (χ3v) is 3.95. The number of hydrogen-bond acceptors (Lipinski definition) is 1. The zero-order valence-electron chi connectivity index (χ0n) is 8.02. The quantitative estimate of drug-likeness (QED) is 0.669. The summed E-state index contributed by atoms with van der Waals surface area (Å²) in [5.74, 6) is 0. The molecule has 0 heterocycles. The van der Waals surface area contributed by atoms with Crippen molar-refractivity contribution < 1.29 is 3.07 Å². The van der Waals surface area contributed by atoms with E-state index in [-0.39, 0.29) is 5.60 Å². The fourth-order valence-electron chi connectivity index (χ4n) is 1.33. The first-order chi connectivity index (χ1) is 5.24. The summed E-state index contributed by atoms with van der Waals surface area (Å²) in [6, 6.07) is 0. The summed E-state index contributed by atoms with van der Waals surface area (Å²) in [5, 5.41) is 0. The van der Waals surface area contributed by atoms with Gasteiger partial charge in [0.2, 0.25) is 0 Å². The van der Waals surface area contributed by atoms with Crippen LogP contribution in [0.1, 0.15) is 52.9 Å². The molecule has 0 aliphatic heterocycles. The van der Waals surface area contributed by atoms with Crippen LogP contribution < -0.4 is 0 Å². The molecule has 0 unspecified atom stereocenters. The molecule has 0 atom stereocenters. The average Bonchev–Trinajstić information content (AvgIpc) is 2.08. The first-order valence-electron chi connectivity index (χ1n) is 4.62. The predicted octanol–water partition coefficient (Wildman–Crippen LogP) is 2.57. The molecular formula is C9H20OSn. The van der Waals surface area contributed by atoms with Gasteiger partial charge in [-0.15, -0.1) is 0 Å². The molecule has 0 spiro atoms. The van der Waals surface area contributed by atoms with Gasteiger partial charge in [0, 0.05) is 0 Å². The van der Waals surface area contributed by atoms with Gasteiger partial charge < -0.3 is 0 Å². The number of unbranched alkanes of at least 4 members (excludes halogenated alkanes) is 1. The second-order valence-electron chi connectivity index (χ2n) is 3.11. The molecule has 0 saturated heterocycles. The second kappa shape index (κ2) is 6.29. The van der Waals surface area contributed by atoms with E-state index in [0.717, 1.165) is 22.9 Å². The van der Waals surface area contributed by atoms with E-state index in [4.69, 9.17) is 3.07 Å². The van der Waals surface area contributed by atoms with Gasteiger partial charge in [0.25, 0.3) is 0 Å². The van der Waals surface area contributed by atoms with E-state index < -0.39 is 0 Å². The molecule has 0 N–H and O–H groups in total. The molecule has 2 heteroatoms. The summed E-state index contributed by atoms with van der Waals surface area (Å²) in [5.41, 5.74) is 0.234. The van der Waals surface area contributed by atoms with Crippen molar-refractivity contribution in [3.8, 4) is 0 Å². The van der Waals surface area contributed by atoms with Crippen LogP contribution in [0.4, 0.5) is 0 Å². The molecule has 0 aromatic heterocycles. The van der Waals surface area contributed by atoms with Crippen molar-refractivity contribution in [2.75, 3.05) is 0 Å². The Morgan fingerprint density at radius 3 is 2.00 bits per heavy atom. The van der Waals surface area contributed by atoms with Gasteiger partial charge in [-0.2, -0.15) is 0 Å². The van der Waals surface area contributed by atoms with Crippen molar-refractivity contribution >= 4 is 22.9 Å². The minimum absolute atomic E-state index is 0.234. The predicted molar refractivity (Wildman–Crippen MR) is 51.1 cm³/mol. The van der Waals surface area contributed by atoms with E-state index in [1.165, 1.54) is 32.1 Å². The van der Waals surface area contributed by atoms with Gasteiger partial charge in [-0.05, 0) is 0 Å². The van der Waals surface area contributed by atoms with Crippen LogP contribution in [0, 0.1) is 0 Å². The van der Waals surface area contributed by atoms with Crippen LogP contribution in [0.2, 0.25) is 0 Å². The van der Waals surface area contributed by atoms with E-state index in [9.17, 15) is 0 Å². The van der Waals surface area contributed by atoms with E-state index in [1.807, 2.05) is 0 Å². The van der Waals surface area contributed by atoms with Crippen LogP contribution in [0.5, 0.6) is 0 Å². The fraction of sp³-hybridized carbons (Fsp3) is 1.00. The van der Waals surface area contributed by atoms with Crippen molar-refractivity contribution in [3.63, 3.8) is 0 Å². The molecular weight excluding hydrogens is 243 g/mol. The molecule has 0 aliphatic rings. The molecule has 0 bridgehead atoms. The van der Waals surface area contributed by atoms with E-state index in [2.05, 4.69) is 20.8 Å². The van der Waals surface area contributed by atoms with Crippen LogP contribution in [-0.4, -0.2) is 28.5 Å². The fourth-order valence-corrected chi connectivity index (χ4v) is 2.62. The molecule has 0 fully saturated rings. The summed E-state index contributed by atoms with van der Waals surface area (Å²) < 4.78 is 5.67. The first kappa shape index (κ1) is 11.8. The number of hydrogen-bond donors (Lipinski definition) is 0. The Morgan fingerprint density at radius 1 is 1.18 bits per heavy atom. The van der Waals surface area contributed by atoms with Crippen LogP contribution in [-0.2, 0) is 3.07 Å². The second-order valence-corrected chi connectivity index (χ2v) is 3.78. The Balaban J connectivity index is 3.84. The normalized spacial score (nSPS) is 12.0. The first-order valence-corrected chi connectivity index (χ1v) is 5.97. The third-order valence-electron chi connectivity index (χ3n) is 2.52. The Hall–Kier alpha value is 0.759. The standard InChI is InChI=1S/C9H19O.Sn.H/c1-4-7-8-9(10,5-2)6-3;;/h4-8H2,1-3H3;;/q-1;+1;. The Labute approximate surface area is 84.5 Å². The number of rotatable bonds is 6. The molecule has 66 valence electrons. The van der Waals surface area contributed by atoms with Gasteiger partial charge in [0.1, 0.15) is 0 Å². The monoisotopic (exact) mass is 264 g/mol. The zero-order chi connectivity index (χ0) is 8.74. The summed E-state index contributed by atoms with van der Waals surface area (Å²) in [6.45, 7) is 6.70. The molecule has 0 rings (SSSR count). The summed E-state index contributed by atoms with van der Waals surface area (Å²) >= 11 is 0.943. The zero-order valence-corrected chi connectivity index (χ0v) is 11.3. The SMILES string of the molecule is CCCCC(CC)(CC)[O][SnH]. The molecule has 1 nitrogen and oxygen atoms in total. The van der Waals surface area contributed by atoms with Gasteiger partial charge in [-0.25, -0.2) is 0 Å². The molecule has 0 saturated carbocycles. The van der Waals surface area contributed by atoms with Crippen LogP contribution >= 0.6 is 0 Å². The van der Waals surface area contributed by atoms with Crippen LogP contribution in [0.15, 0.2) is 0 Å². The Morgan fingerprint density at radius 2 is 1.73 bits per heavy atom. The Kier molecular flexibility index (Phi) is 6.73. The third kappa shape index (κ3) is 3.79. The summed E-state index contributed by atoms with van der Waals surface area (Å²) in [6.07, 6.45) is 6.18.